The summed E-state index contributed by atoms with van der Waals surface area (Å²) in [4.78, 5) is 6.51. The molecule has 19 heavy (non-hydrogen) atoms. The molecule has 0 amide bonds. The molecule has 0 unspecified atom stereocenters. The molecule has 2 heterocycles. The minimum Gasteiger partial charge on any atom is -0.453 e. The Morgan fingerprint density at radius 3 is 2.84 bits per heavy atom. The highest BCUT2D eigenvalue weighted by atomic mass is 79.9. The summed E-state index contributed by atoms with van der Waals surface area (Å²) < 4.78 is 6.83. The predicted molar refractivity (Wildman–Crippen MR) is 82.5 cm³/mol. The molecule has 2 aromatic rings. The molecule has 0 aliphatic carbocycles. The average molecular weight is 335 g/mol. The Balaban J connectivity index is 1.94. The topological polar surface area (TPSA) is 25.4 Å². The van der Waals surface area contributed by atoms with Crippen LogP contribution in [0.5, 0.6) is 11.5 Å². The van der Waals surface area contributed by atoms with Crippen molar-refractivity contribution in [3.63, 3.8) is 0 Å². The molecular weight excluding hydrogens is 324 g/mol. The number of anilines is 1. The molecule has 0 spiro atoms. The van der Waals surface area contributed by atoms with Gasteiger partial charge in [-0.3, -0.25) is 0 Å². The van der Waals surface area contributed by atoms with Gasteiger partial charge >= 0.3 is 0 Å². The first-order valence-corrected chi connectivity index (χ1v) is 7.60. The van der Waals surface area contributed by atoms with Gasteiger partial charge in [0.05, 0.1) is 5.88 Å². The third-order valence-corrected chi connectivity index (χ3v) is 3.77. The number of nitrogens with zero attached hydrogens (tertiary/aromatic N) is 2. The maximum Gasteiger partial charge on any atom is 0.176 e. The number of aromatic nitrogens is 1. The minimum absolute atomic E-state index is 0.743. The highest BCUT2D eigenvalue weighted by molar-refractivity contribution is 9.10. The lowest BCUT2D eigenvalue weighted by Crippen LogP contribution is -2.13. The van der Waals surface area contributed by atoms with Crippen molar-refractivity contribution < 1.29 is 4.74 Å². The van der Waals surface area contributed by atoms with E-state index in [9.17, 15) is 0 Å². The van der Waals surface area contributed by atoms with Crippen LogP contribution in [-0.2, 0) is 0 Å². The zero-order valence-corrected chi connectivity index (χ0v) is 12.4. The van der Waals surface area contributed by atoms with Gasteiger partial charge in [0.25, 0.3) is 0 Å². The lowest BCUT2D eigenvalue weighted by Gasteiger charge is -2.18. The minimum atomic E-state index is 0.743. The summed E-state index contributed by atoms with van der Waals surface area (Å²) in [5.74, 6) is 3.24. The molecule has 0 N–H and O–H groups in total. The highest BCUT2D eigenvalue weighted by Crippen LogP contribution is 2.35. The Labute approximate surface area is 124 Å². The lowest BCUT2D eigenvalue weighted by atomic mass is 10.3. The Bertz CT molecular complexity index is 604. The number of pyridine rings is 1. The first-order valence-electron chi connectivity index (χ1n) is 5.76. The number of ether oxygens (including phenoxy) is 1. The van der Waals surface area contributed by atoms with Gasteiger partial charge in [-0.25, -0.2) is 4.98 Å². The molecule has 0 bridgehead atoms. The number of thioether (sulfide) groups is 1. The molecular formula is C14H11BrN2OS. The number of rotatable bonds is 3. The monoisotopic (exact) mass is 334 g/mol. The maximum atomic E-state index is 5.93. The zero-order valence-electron chi connectivity index (χ0n) is 9.99. The first-order chi connectivity index (χ1) is 9.33. The van der Waals surface area contributed by atoms with Gasteiger partial charge in [0, 0.05) is 22.9 Å². The molecule has 96 valence electrons. The Hall–Kier alpha value is -1.46. The van der Waals surface area contributed by atoms with E-state index in [-0.39, 0.29) is 0 Å². The fourth-order valence-electron chi connectivity index (χ4n) is 1.73. The molecule has 3 nitrogen and oxygen atoms in total. The molecule has 1 aliphatic rings. The van der Waals surface area contributed by atoms with Crippen LogP contribution in [-0.4, -0.2) is 10.9 Å². The zero-order chi connectivity index (χ0) is 13.1. The van der Waals surface area contributed by atoms with Crippen molar-refractivity contribution in [2.24, 2.45) is 0 Å². The molecule has 1 aromatic heterocycles. The van der Waals surface area contributed by atoms with E-state index in [1.54, 1.807) is 18.0 Å². The Morgan fingerprint density at radius 2 is 2.11 bits per heavy atom. The second-order valence-corrected chi connectivity index (χ2v) is 5.72. The summed E-state index contributed by atoms with van der Waals surface area (Å²) >= 11 is 5.17. The van der Waals surface area contributed by atoms with Gasteiger partial charge in [-0.05, 0) is 33.5 Å². The molecule has 3 rings (SSSR count). The smallest absolute Gasteiger partial charge is 0.176 e. The SMILES string of the molecule is Brc1cnc(N2C=CSC2)c(Oc2ccccc2)c1. The van der Waals surface area contributed by atoms with E-state index in [1.807, 2.05) is 42.6 Å². The number of halogens is 1. The number of benzene rings is 1. The van der Waals surface area contributed by atoms with Crippen LogP contribution >= 0.6 is 27.7 Å². The first kappa shape index (κ1) is 12.6. The molecule has 1 aliphatic heterocycles. The van der Waals surface area contributed by atoms with E-state index in [1.165, 1.54) is 0 Å². The van der Waals surface area contributed by atoms with Gasteiger partial charge in [-0.15, -0.1) is 11.8 Å². The predicted octanol–water partition coefficient (Wildman–Crippen LogP) is 4.62. The summed E-state index contributed by atoms with van der Waals surface area (Å²) in [6.07, 6.45) is 3.79. The molecule has 0 saturated carbocycles. The van der Waals surface area contributed by atoms with E-state index < -0.39 is 0 Å². The number of hydrogen-bond acceptors (Lipinski definition) is 4. The normalized spacial score (nSPS) is 13.8. The number of hydrogen-bond donors (Lipinski definition) is 0. The van der Waals surface area contributed by atoms with Gasteiger partial charge < -0.3 is 9.64 Å². The summed E-state index contributed by atoms with van der Waals surface area (Å²) in [7, 11) is 0. The molecule has 5 heteroatoms. The van der Waals surface area contributed by atoms with Crippen molar-refractivity contribution >= 4 is 33.5 Å². The van der Waals surface area contributed by atoms with Crippen molar-refractivity contribution in [3.8, 4) is 11.5 Å². The van der Waals surface area contributed by atoms with Crippen LogP contribution in [0.15, 0.2) is 58.7 Å². The fourth-order valence-corrected chi connectivity index (χ4v) is 2.73. The van der Waals surface area contributed by atoms with Gasteiger partial charge in [0.2, 0.25) is 0 Å². The second-order valence-electron chi connectivity index (χ2n) is 3.94. The van der Waals surface area contributed by atoms with Crippen LogP contribution in [0, 0.1) is 0 Å². The number of para-hydroxylation sites is 1. The van der Waals surface area contributed by atoms with E-state index in [2.05, 4.69) is 31.2 Å². The average Bonchev–Trinajstić information content (AvgIpc) is 2.94. The van der Waals surface area contributed by atoms with Crippen molar-refractivity contribution in [1.29, 1.82) is 0 Å². The molecule has 0 radical (unpaired) electrons. The van der Waals surface area contributed by atoms with Gasteiger partial charge in [-0.2, -0.15) is 0 Å². The third kappa shape index (κ3) is 2.93. The van der Waals surface area contributed by atoms with Gasteiger partial charge in [-0.1, -0.05) is 18.2 Å². The van der Waals surface area contributed by atoms with Crippen LogP contribution in [0.4, 0.5) is 5.82 Å². The Kier molecular flexibility index (Phi) is 3.75. The van der Waals surface area contributed by atoms with E-state index in [4.69, 9.17) is 4.74 Å². The second kappa shape index (κ2) is 5.67. The third-order valence-electron chi connectivity index (χ3n) is 2.59. The van der Waals surface area contributed by atoms with Crippen LogP contribution in [0.1, 0.15) is 0 Å². The van der Waals surface area contributed by atoms with Crippen LogP contribution in [0.2, 0.25) is 0 Å². The van der Waals surface area contributed by atoms with Crippen LogP contribution < -0.4 is 9.64 Å². The summed E-state index contributed by atoms with van der Waals surface area (Å²) in [5.41, 5.74) is 0. The van der Waals surface area contributed by atoms with Crippen molar-refractivity contribution in [2.45, 2.75) is 0 Å². The molecule has 0 fully saturated rings. The van der Waals surface area contributed by atoms with Crippen molar-refractivity contribution in [2.75, 3.05) is 10.8 Å². The standard InChI is InChI=1S/C14H11BrN2OS/c15-11-8-13(18-12-4-2-1-3-5-12)14(16-9-11)17-6-7-19-10-17/h1-9H,10H2. The van der Waals surface area contributed by atoms with E-state index >= 15 is 0 Å². The van der Waals surface area contributed by atoms with Gasteiger partial charge in [0.15, 0.2) is 11.6 Å². The summed E-state index contributed by atoms with van der Waals surface area (Å²) in [6, 6.07) is 11.7. The quantitative estimate of drug-likeness (QED) is 0.817. The van der Waals surface area contributed by atoms with Crippen molar-refractivity contribution in [3.05, 3.63) is 58.7 Å². The summed E-state index contributed by atoms with van der Waals surface area (Å²) in [6.45, 7) is 0. The molecule has 0 atom stereocenters. The highest BCUT2D eigenvalue weighted by Gasteiger charge is 2.15. The summed E-state index contributed by atoms with van der Waals surface area (Å²) in [5, 5.41) is 2.05. The molecule has 0 saturated heterocycles. The van der Waals surface area contributed by atoms with E-state index in [0.29, 0.717) is 0 Å². The van der Waals surface area contributed by atoms with Crippen LogP contribution in [0.3, 0.4) is 0 Å². The van der Waals surface area contributed by atoms with Crippen LogP contribution in [0.25, 0.3) is 0 Å². The van der Waals surface area contributed by atoms with E-state index in [0.717, 1.165) is 27.7 Å². The van der Waals surface area contributed by atoms with Gasteiger partial charge in [0.1, 0.15) is 5.75 Å². The Morgan fingerprint density at radius 1 is 1.26 bits per heavy atom. The largest absolute Gasteiger partial charge is 0.453 e. The van der Waals surface area contributed by atoms with Crippen molar-refractivity contribution in [1.82, 2.24) is 4.98 Å². The lowest BCUT2D eigenvalue weighted by molar-refractivity contribution is 0.480. The fraction of sp³-hybridized carbons (Fsp3) is 0.0714. The maximum absolute atomic E-state index is 5.93. The molecule has 1 aromatic carbocycles.